The molecule has 0 radical (unpaired) electrons. The number of likely N-dealkylation sites (N-methyl/N-ethyl adjacent to an activating group) is 1. The van der Waals surface area contributed by atoms with Crippen molar-refractivity contribution in [3.63, 3.8) is 0 Å². The molecule has 1 aromatic carbocycles. The van der Waals surface area contributed by atoms with E-state index in [9.17, 15) is 4.79 Å². The van der Waals surface area contributed by atoms with Crippen LogP contribution in [0.1, 0.15) is 16.1 Å². The number of benzene rings is 1. The second-order valence-corrected chi connectivity index (χ2v) is 8.13. The molecule has 3 rings (SSSR count). The fraction of sp³-hybridized carbons (Fsp3) is 0.318. The Kier molecular flexibility index (Phi) is 9.99. The highest BCUT2D eigenvalue weighted by molar-refractivity contribution is 14.0. The summed E-state index contributed by atoms with van der Waals surface area (Å²) >= 11 is 1.74. The van der Waals surface area contributed by atoms with Crippen LogP contribution in [0.15, 0.2) is 59.0 Å². The molecule has 0 bridgehead atoms. The molecule has 0 spiro atoms. The summed E-state index contributed by atoms with van der Waals surface area (Å²) < 4.78 is 1.87. The highest BCUT2D eigenvalue weighted by Crippen LogP contribution is 2.15. The standard InChI is InChI=1S/C22H28N6OS.HI/c1-17-11-13-28(26-17)20-9-5-4-7-18(20)15-24-22(25-16-21(29)27(2)3)23-12-10-19-8-6-14-30-19;/h4-9,11,13-14H,10,12,15-16H2,1-3H3,(H2,23,24,25);1H. The molecule has 0 fully saturated rings. The van der Waals surface area contributed by atoms with E-state index in [-0.39, 0.29) is 36.4 Å². The lowest BCUT2D eigenvalue weighted by atomic mass is 10.2. The van der Waals surface area contributed by atoms with Crippen LogP contribution in [0, 0.1) is 6.92 Å². The van der Waals surface area contributed by atoms with Crippen LogP contribution in [0.4, 0.5) is 0 Å². The maximum atomic E-state index is 12.0. The summed E-state index contributed by atoms with van der Waals surface area (Å²) in [7, 11) is 3.49. The molecule has 0 aliphatic carbocycles. The van der Waals surface area contributed by atoms with E-state index in [1.165, 1.54) is 4.88 Å². The van der Waals surface area contributed by atoms with E-state index in [2.05, 4.69) is 33.2 Å². The molecule has 31 heavy (non-hydrogen) atoms. The number of hydrogen-bond donors (Lipinski definition) is 2. The first-order valence-electron chi connectivity index (χ1n) is 9.88. The molecule has 2 aromatic heterocycles. The van der Waals surface area contributed by atoms with E-state index < -0.39 is 0 Å². The SMILES string of the molecule is Cc1ccn(-c2ccccc2CN=C(NCCc2cccs2)NCC(=O)N(C)C)n1.I. The predicted octanol–water partition coefficient (Wildman–Crippen LogP) is 3.23. The molecule has 1 amide bonds. The van der Waals surface area contributed by atoms with Crippen molar-refractivity contribution in [1.29, 1.82) is 0 Å². The van der Waals surface area contributed by atoms with Crippen LogP contribution in [-0.4, -0.2) is 53.7 Å². The number of thiophene rings is 1. The topological polar surface area (TPSA) is 74.6 Å². The van der Waals surface area contributed by atoms with Crippen LogP contribution in [0.5, 0.6) is 0 Å². The smallest absolute Gasteiger partial charge is 0.241 e. The van der Waals surface area contributed by atoms with Crippen molar-refractivity contribution in [2.45, 2.75) is 19.9 Å². The van der Waals surface area contributed by atoms with Crippen molar-refractivity contribution < 1.29 is 4.79 Å². The Labute approximate surface area is 204 Å². The van der Waals surface area contributed by atoms with Gasteiger partial charge in [-0.25, -0.2) is 9.67 Å². The van der Waals surface area contributed by atoms with Crippen molar-refractivity contribution in [2.75, 3.05) is 27.2 Å². The van der Waals surface area contributed by atoms with Gasteiger partial charge in [-0.15, -0.1) is 35.3 Å². The van der Waals surface area contributed by atoms with Crippen LogP contribution in [0.25, 0.3) is 5.69 Å². The molecule has 3 aromatic rings. The van der Waals surface area contributed by atoms with Gasteiger partial charge in [-0.3, -0.25) is 4.79 Å². The zero-order valence-electron chi connectivity index (χ0n) is 18.0. The number of hydrogen-bond acceptors (Lipinski definition) is 4. The van der Waals surface area contributed by atoms with Gasteiger partial charge in [0.25, 0.3) is 0 Å². The van der Waals surface area contributed by atoms with Crippen molar-refractivity contribution in [3.8, 4) is 5.69 Å². The van der Waals surface area contributed by atoms with Gasteiger partial charge in [-0.05, 0) is 42.5 Å². The summed E-state index contributed by atoms with van der Waals surface area (Å²) in [5.41, 5.74) is 3.02. The normalized spacial score (nSPS) is 11.0. The number of carbonyl (C=O) groups excluding carboxylic acids is 1. The molecule has 7 nitrogen and oxygen atoms in total. The second-order valence-electron chi connectivity index (χ2n) is 7.09. The molecule has 9 heteroatoms. The molecule has 2 N–H and O–H groups in total. The van der Waals surface area contributed by atoms with Gasteiger partial charge in [0.05, 0.1) is 24.5 Å². The Morgan fingerprint density at radius 2 is 1.97 bits per heavy atom. The van der Waals surface area contributed by atoms with E-state index in [1.807, 2.05) is 48.1 Å². The summed E-state index contributed by atoms with van der Waals surface area (Å²) in [6.45, 7) is 3.37. The molecule has 0 saturated heterocycles. The number of aliphatic imine (C=N–C) groups is 1. The maximum Gasteiger partial charge on any atom is 0.241 e. The van der Waals surface area contributed by atoms with Crippen molar-refractivity contribution in [3.05, 3.63) is 70.2 Å². The van der Waals surface area contributed by atoms with Crippen LogP contribution in [0.2, 0.25) is 0 Å². The van der Waals surface area contributed by atoms with Crippen LogP contribution >= 0.6 is 35.3 Å². The van der Waals surface area contributed by atoms with Gasteiger partial charge in [-0.1, -0.05) is 24.3 Å². The van der Waals surface area contributed by atoms with E-state index >= 15 is 0 Å². The summed E-state index contributed by atoms with van der Waals surface area (Å²) in [6, 6.07) is 14.2. The van der Waals surface area contributed by atoms with Gasteiger partial charge in [0.15, 0.2) is 5.96 Å². The van der Waals surface area contributed by atoms with Gasteiger partial charge in [0.1, 0.15) is 0 Å². The largest absolute Gasteiger partial charge is 0.356 e. The Balaban J connectivity index is 0.00000341. The maximum absolute atomic E-state index is 12.0. The number of para-hydroxylation sites is 1. The number of carbonyl (C=O) groups is 1. The fourth-order valence-corrected chi connectivity index (χ4v) is 3.54. The minimum atomic E-state index is -0.00447. The van der Waals surface area contributed by atoms with Crippen molar-refractivity contribution in [2.24, 2.45) is 4.99 Å². The average Bonchev–Trinajstić information content (AvgIpc) is 3.41. The van der Waals surface area contributed by atoms with Crippen LogP contribution in [0.3, 0.4) is 0 Å². The summed E-state index contributed by atoms with van der Waals surface area (Å²) in [4.78, 5) is 19.6. The third-order valence-electron chi connectivity index (χ3n) is 4.52. The molecule has 0 unspecified atom stereocenters. The van der Waals surface area contributed by atoms with Gasteiger partial charge >= 0.3 is 0 Å². The summed E-state index contributed by atoms with van der Waals surface area (Å²) in [6.07, 6.45) is 2.86. The average molecular weight is 552 g/mol. The Morgan fingerprint density at radius 3 is 2.65 bits per heavy atom. The third-order valence-corrected chi connectivity index (χ3v) is 5.45. The van der Waals surface area contributed by atoms with Crippen molar-refractivity contribution in [1.82, 2.24) is 25.3 Å². The number of aryl methyl sites for hydroxylation is 1. The van der Waals surface area contributed by atoms with Gasteiger partial charge in [-0.2, -0.15) is 5.10 Å². The quantitative estimate of drug-likeness (QED) is 0.256. The first-order valence-corrected chi connectivity index (χ1v) is 10.8. The highest BCUT2D eigenvalue weighted by atomic mass is 127. The fourth-order valence-electron chi connectivity index (χ4n) is 2.83. The molecule has 0 aliphatic rings. The van der Waals surface area contributed by atoms with E-state index in [4.69, 9.17) is 4.99 Å². The Morgan fingerprint density at radius 1 is 1.16 bits per heavy atom. The lowest BCUT2D eigenvalue weighted by Gasteiger charge is -2.15. The molecular weight excluding hydrogens is 523 g/mol. The molecule has 0 aliphatic heterocycles. The number of guanidine groups is 1. The van der Waals surface area contributed by atoms with E-state index in [1.54, 1.807) is 30.3 Å². The van der Waals surface area contributed by atoms with Crippen molar-refractivity contribution >= 4 is 47.2 Å². The minimum Gasteiger partial charge on any atom is -0.356 e. The first-order chi connectivity index (χ1) is 14.5. The number of nitrogens with one attached hydrogen (secondary N) is 2. The number of amides is 1. The van der Waals surface area contributed by atoms with E-state index in [0.717, 1.165) is 29.9 Å². The Bertz CT molecular complexity index is 984. The molecular formula is C22H29IN6OS. The number of halogens is 1. The monoisotopic (exact) mass is 552 g/mol. The van der Waals surface area contributed by atoms with Gasteiger partial charge in [0, 0.05) is 31.7 Å². The van der Waals surface area contributed by atoms with E-state index in [0.29, 0.717) is 12.5 Å². The lowest BCUT2D eigenvalue weighted by molar-refractivity contribution is -0.127. The van der Waals surface area contributed by atoms with Crippen LogP contribution in [-0.2, 0) is 17.8 Å². The van der Waals surface area contributed by atoms with Gasteiger partial charge < -0.3 is 15.5 Å². The molecule has 0 saturated carbocycles. The number of rotatable bonds is 8. The summed E-state index contributed by atoms with van der Waals surface area (Å²) in [5, 5.41) is 13.1. The lowest BCUT2D eigenvalue weighted by Crippen LogP contribution is -2.43. The predicted molar refractivity (Wildman–Crippen MR) is 138 cm³/mol. The zero-order chi connectivity index (χ0) is 21.3. The zero-order valence-corrected chi connectivity index (χ0v) is 21.2. The third kappa shape index (κ3) is 7.66. The molecule has 0 atom stereocenters. The second kappa shape index (κ2) is 12.5. The first kappa shape index (κ1) is 24.9. The number of nitrogens with zero attached hydrogens (tertiary/aromatic N) is 4. The Hall–Kier alpha value is -2.40. The summed E-state index contributed by atoms with van der Waals surface area (Å²) in [5.74, 6) is 0.614. The highest BCUT2D eigenvalue weighted by Gasteiger charge is 2.08. The molecule has 2 heterocycles. The minimum absolute atomic E-state index is 0. The van der Waals surface area contributed by atoms with Crippen LogP contribution < -0.4 is 10.6 Å². The molecule has 166 valence electrons. The van der Waals surface area contributed by atoms with Gasteiger partial charge in [0.2, 0.25) is 5.91 Å². The number of aromatic nitrogens is 2.